The topological polar surface area (TPSA) is 77.4 Å². The molecule has 1 aliphatic heterocycles. The van der Waals surface area contributed by atoms with E-state index in [1.165, 1.54) is 17.3 Å². The maximum Gasteiger partial charge on any atom is 1.00 e. The molecule has 0 saturated carbocycles. The van der Waals surface area contributed by atoms with Gasteiger partial charge in [0.25, 0.3) is 5.56 Å². The van der Waals surface area contributed by atoms with Crippen molar-refractivity contribution in [3.63, 3.8) is 0 Å². The minimum absolute atomic E-state index is 0. The van der Waals surface area contributed by atoms with E-state index in [1.54, 1.807) is 28.8 Å². The molecule has 0 bridgehead atoms. The Morgan fingerprint density at radius 1 is 1.06 bits per heavy atom. The van der Waals surface area contributed by atoms with Gasteiger partial charge in [0, 0.05) is 55.8 Å². The largest absolute Gasteiger partial charge is 1.00 e. The van der Waals surface area contributed by atoms with Gasteiger partial charge in [0.15, 0.2) is 0 Å². The van der Waals surface area contributed by atoms with Gasteiger partial charge in [-0.05, 0) is 66.6 Å². The van der Waals surface area contributed by atoms with Crippen LogP contribution in [0.4, 0.5) is 15.8 Å². The molecule has 0 aliphatic carbocycles. The number of carbonyl (C=O) groups excluding carboxylic acids is 1. The number of carboxylic acids is 1. The monoisotopic (exact) mass is 471 g/mol. The predicted molar refractivity (Wildman–Crippen MR) is 125 cm³/mol. The summed E-state index contributed by atoms with van der Waals surface area (Å²) in [6.45, 7) is 2.90. The molecule has 0 spiro atoms. The third kappa shape index (κ3) is 6.50. The Balaban J connectivity index is 0.00000324. The standard InChI is InChI=1S/C26H28FN3O3.Na/c27-23-17-21(11-9-19(23)10-12-26(32)33)28-18-20-5-3-7-24-22(20)6-4-14-29(24)15-16-30-13-2-1-8-25(30)31;/h1-3,5,7-9,11,13,17,28H,4,6,10,12,14-16,18H2,(H,32,33);/q;+1/p-1. The second-order valence-electron chi connectivity index (χ2n) is 8.27. The first-order chi connectivity index (χ1) is 16.0. The number of anilines is 2. The summed E-state index contributed by atoms with van der Waals surface area (Å²) in [5.74, 6) is -1.60. The van der Waals surface area contributed by atoms with Crippen molar-refractivity contribution in [1.29, 1.82) is 0 Å². The molecule has 1 aromatic heterocycles. The van der Waals surface area contributed by atoms with Crippen LogP contribution in [0.3, 0.4) is 0 Å². The number of carbonyl (C=O) groups is 1. The predicted octanol–water partition coefficient (Wildman–Crippen LogP) is -0.261. The number of carboxylic acid groups (broad SMARTS) is 1. The molecular weight excluding hydrogens is 444 g/mol. The van der Waals surface area contributed by atoms with Gasteiger partial charge in [0.05, 0.1) is 0 Å². The molecule has 0 fully saturated rings. The molecule has 8 heteroatoms. The summed E-state index contributed by atoms with van der Waals surface area (Å²) < 4.78 is 16.0. The van der Waals surface area contributed by atoms with Gasteiger partial charge >= 0.3 is 29.6 Å². The van der Waals surface area contributed by atoms with Gasteiger partial charge in [0.2, 0.25) is 0 Å². The number of rotatable bonds is 9. The summed E-state index contributed by atoms with van der Waals surface area (Å²) in [7, 11) is 0. The SMILES string of the molecule is O=C([O-])CCc1ccc(NCc2cccc3c2CCCN3CCn2ccccc2=O)cc1F.[Na+]. The molecule has 2 heterocycles. The van der Waals surface area contributed by atoms with E-state index in [9.17, 15) is 19.1 Å². The molecular formula is C26H27FN3NaO3. The van der Waals surface area contributed by atoms with E-state index < -0.39 is 11.8 Å². The van der Waals surface area contributed by atoms with Gasteiger partial charge in [-0.3, -0.25) is 4.79 Å². The molecule has 4 rings (SSSR count). The van der Waals surface area contributed by atoms with E-state index in [0.717, 1.165) is 31.5 Å². The number of halogens is 1. The van der Waals surface area contributed by atoms with Gasteiger partial charge < -0.3 is 24.7 Å². The summed E-state index contributed by atoms with van der Waals surface area (Å²) in [6, 6.07) is 16.2. The second kappa shape index (κ2) is 12.2. The van der Waals surface area contributed by atoms with E-state index in [2.05, 4.69) is 22.3 Å². The minimum atomic E-state index is -1.18. The number of benzene rings is 2. The summed E-state index contributed by atoms with van der Waals surface area (Å²) in [6.07, 6.45) is 3.75. The van der Waals surface area contributed by atoms with E-state index in [-0.39, 0.29) is 48.0 Å². The molecule has 0 atom stereocenters. The van der Waals surface area contributed by atoms with E-state index in [1.807, 2.05) is 18.3 Å². The third-order valence-electron chi connectivity index (χ3n) is 6.09. The molecule has 3 aromatic rings. The smallest absolute Gasteiger partial charge is 0.550 e. The van der Waals surface area contributed by atoms with E-state index >= 15 is 0 Å². The van der Waals surface area contributed by atoms with Crippen LogP contribution in [0, 0.1) is 5.82 Å². The first-order valence-corrected chi connectivity index (χ1v) is 11.2. The van der Waals surface area contributed by atoms with Crippen LogP contribution in [0.15, 0.2) is 65.6 Å². The molecule has 6 nitrogen and oxygen atoms in total. The molecule has 1 N–H and O–H groups in total. The van der Waals surface area contributed by atoms with Crippen LogP contribution in [-0.4, -0.2) is 23.6 Å². The molecule has 1 aliphatic rings. The zero-order valence-corrected chi connectivity index (χ0v) is 21.4. The first-order valence-electron chi connectivity index (χ1n) is 11.2. The molecule has 0 saturated heterocycles. The van der Waals surface area contributed by atoms with Crippen molar-refractivity contribution >= 4 is 17.3 Å². The Hall–Kier alpha value is -2.61. The average Bonchev–Trinajstić information content (AvgIpc) is 2.81. The maximum absolute atomic E-state index is 14.3. The number of pyridine rings is 1. The molecule has 172 valence electrons. The number of aliphatic carboxylic acids is 1. The Morgan fingerprint density at radius 3 is 2.68 bits per heavy atom. The molecule has 0 amide bonds. The van der Waals surface area contributed by atoms with E-state index in [4.69, 9.17) is 0 Å². The van der Waals surface area contributed by atoms with Crippen molar-refractivity contribution in [1.82, 2.24) is 4.57 Å². The van der Waals surface area contributed by atoms with Gasteiger partial charge in [-0.15, -0.1) is 0 Å². The van der Waals surface area contributed by atoms with Crippen LogP contribution in [0.2, 0.25) is 0 Å². The van der Waals surface area contributed by atoms with Crippen molar-refractivity contribution in [3.05, 3.63) is 93.7 Å². The summed E-state index contributed by atoms with van der Waals surface area (Å²) >= 11 is 0. The number of aryl methyl sites for hydroxylation is 1. The Bertz CT molecular complexity index is 1200. The van der Waals surface area contributed by atoms with Crippen LogP contribution in [-0.2, 0) is 30.7 Å². The van der Waals surface area contributed by atoms with Crippen molar-refractivity contribution in [2.45, 2.75) is 38.8 Å². The van der Waals surface area contributed by atoms with Crippen LogP contribution < -0.4 is 50.4 Å². The van der Waals surface area contributed by atoms with Crippen molar-refractivity contribution < 1.29 is 43.8 Å². The summed E-state index contributed by atoms with van der Waals surface area (Å²) in [5, 5.41) is 13.9. The zero-order valence-electron chi connectivity index (χ0n) is 19.4. The van der Waals surface area contributed by atoms with Crippen LogP contribution in [0.5, 0.6) is 0 Å². The number of hydrogen-bond donors (Lipinski definition) is 1. The van der Waals surface area contributed by atoms with Gasteiger partial charge in [-0.25, -0.2) is 4.39 Å². The van der Waals surface area contributed by atoms with Crippen molar-refractivity contribution in [2.24, 2.45) is 0 Å². The summed E-state index contributed by atoms with van der Waals surface area (Å²) in [4.78, 5) is 24.9. The third-order valence-corrected chi connectivity index (χ3v) is 6.09. The molecule has 0 unspecified atom stereocenters. The van der Waals surface area contributed by atoms with Crippen molar-refractivity contribution in [2.75, 3.05) is 23.3 Å². The number of hydrogen-bond acceptors (Lipinski definition) is 5. The summed E-state index contributed by atoms with van der Waals surface area (Å²) in [5.41, 5.74) is 4.66. The Labute approximate surface area is 220 Å². The van der Waals surface area contributed by atoms with E-state index in [0.29, 0.717) is 24.3 Å². The first kappa shape index (κ1) is 26.0. The molecule has 0 radical (unpaired) electrons. The van der Waals surface area contributed by atoms with Gasteiger partial charge in [-0.2, -0.15) is 0 Å². The minimum Gasteiger partial charge on any atom is -0.550 e. The quantitative estimate of drug-likeness (QED) is 0.435. The van der Waals surface area contributed by atoms with Crippen LogP contribution in [0.25, 0.3) is 0 Å². The average molecular weight is 472 g/mol. The number of fused-ring (bicyclic) bond motifs is 1. The number of nitrogens with one attached hydrogen (secondary N) is 1. The van der Waals surface area contributed by atoms with Gasteiger partial charge in [0.1, 0.15) is 5.82 Å². The van der Waals surface area contributed by atoms with Gasteiger partial charge in [-0.1, -0.05) is 24.3 Å². The van der Waals surface area contributed by atoms with Crippen LogP contribution in [0.1, 0.15) is 29.5 Å². The van der Waals surface area contributed by atoms with Crippen molar-refractivity contribution in [3.8, 4) is 0 Å². The normalized spacial score (nSPS) is 12.6. The Morgan fingerprint density at radius 2 is 1.91 bits per heavy atom. The Kier molecular flexibility index (Phi) is 9.33. The fourth-order valence-electron chi connectivity index (χ4n) is 4.34. The number of aromatic nitrogens is 1. The fourth-order valence-corrected chi connectivity index (χ4v) is 4.34. The van der Waals surface area contributed by atoms with Crippen LogP contribution >= 0.6 is 0 Å². The maximum atomic E-state index is 14.3. The number of nitrogens with zero attached hydrogens (tertiary/aromatic N) is 2. The molecule has 2 aromatic carbocycles. The second-order valence-corrected chi connectivity index (χ2v) is 8.27. The zero-order chi connectivity index (χ0) is 23.2. The fraction of sp³-hybridized carbons (Fsp3) is 0.308. The molecule has 34 heavy (non-hydrogen) atoms.